The van der Waals surface area contributed by atoms with Crippen LogP contribution in [0.25, 0.3) is 5.65 Å². The van der Waals surface area contributed by atoms with Gasteiger partial charge in [-0.2, -0.15) is 9.61 Å². The molecule has 0 aliphatic heterocycles. The van der Waals surface area contributed by atoms with Crippen LogP contribution in [0, 0.1) is 0 Å². The molecule has 7 nitrogen and oxygen atoms in total. The molecule has 2 aromatic heterocycles. The van der Waals surface area contributed by atoms with E-state index in [1.54, 1.807) is 16.8 Å². The number of benzene rings is 1. The molecular weight excluding hydrogens is 376 g/mol. The first-order valence-electron chi connectivity index (χ1n) is 8.97. The lowest BCUT2D eigenvalue weighted by atomic mass is 10.2. The predicted molar refractivity (Wildman–Crippen MR) is 111 cm³/mol. The van der Waals surface area contributed by atoms with E-state index in [0.29, 0.717) is 23.8 Å². The fraction of sp³-hybridized carbons (Fsp3) is 0.350. The molecule has 1 aromatic carbocycles. The lowest BCUT2D eigenvalue weighted by Gasteiger charge is -2.28. The second kappa shape index (κ2) is 8.10. The maximum atomic E-state index is 13.1. The molecule has 0 aliphatic carbocycles. The van der Waals surface area contributed by atoms with Crippen molar-refractivity contribution in [3.63, 3.8) is 0 Å². The first kappa shape index (κ1) is 20.0. The Morgan fingerprint density at radius 2 is 1.93 bits per heavy atom. The summed E-state index contributed by atoms with van der Waals surface area (Å²) in [5.74, 6) is 1.29. The van der Waals surface area contributed by atoms with Gasteiger partial charge in [-0.3, -0.25) is 0 Å². The van der Waals surface area contributed by atoms with E-state index in [4.69, 9.17) is 9.47 Å². The van der Waals surface area contributed by atoms with Gasteiger partial charge in [0.25, 0.3) is 0 Å². The molecule has 2 heterocycles. The Morgan fingerprint density at radius 3 is 2.54 bits per heavy atom. The van der Waals surface area contributed by atoms with E-state index in [1.165, 1.54) is 16.7 Å². The van der Waals surface area contributed by atoms with Crippen molar-refractivity contribution in [2.45, 2.75) is 38.3 Å². The lowest BCUT2D eigenvalue weighted by Crippen LogP contribution is -2.35. The van der Waals surface area contributed by atoms with E-state index >= 15 is 0 Å². The number of fused-ring (bicyclic) bond motifs is 1. The number of amides is 1. The minimum atomic E-state index is -0.640. The molecule has 0 spiro atoms. The molecule has 0 saturated carbocycles. The maximum absolute atomic E-state index is 13.1. The summed E-state index contributed by atoms with van der Waals surface area (Å²) in [6, 6.07) is 10.9. The summed E-state index contributed by atoms with van der Waals surface area (Å²) in [5.41, 5.74) is 0.660. The van der Waals surface area contributed by atoms with E-state index in [1.807, 2.05) is 64.3 Å². The van der Waals surface area contributed by atoms with E-state index < -0.39 is 11.7 Å². The molecule has 0 N–H and O–H groups in total. The number of ether oxygens (including phenoxy) is 2. The third-order valence-corrected chi connectivity index (χ3v) is 4.36. The second-order valence-electron chi connectivity index (χ2n) is 7.00. The van der Waals surface area contributed by atoms with E-state index in [-0.39, 0.29) is 0 Å². The highest BCUT2D eigenvalue weighted by Gasteiger charge is 2.27. The number of anilines is 2. The van der Waals surface area contributed by atoms with Gasteiger partial charge < -0.3 is 9.47 Å². The Labute approximate surface area is 168 Å². The molecule has 0 unspecified atom stereocenters. The summed E-state index contributed by atoms with van der Waals surface area (Å²) < 4.78 is 12.8. The summed E-state index contributed by atoms with van der Waals surface area (Å²) >= 11 is 1.50. The molecule has 3 rings (SSSR count). The second-order valence-corrected chi connectivity index (χ2v) is 7.83. The average Bonchev–Trinajstić information content (AvgIpc) is 3.10. The summed E-state index contributed by atoms with van der Waals surface area (Å²) in [5, 5.41) is 5.12. The standard InChI is InChI=1S/C20H24N4O3S/c1-6-26-15-9-7-14(8-10-15)23(19(25)27-20(2,3)4)18-13-17(28-5)22-16-11-12-21-24(16)18/h7-13H,6H2,1-5H3. The molecule has 1 amide bonds. The molecule has 0 radical (unpaired) electrons. The van der Waals surface area contributed by atoms with Gasteiger partial charge in [0.15, 0.2) is 5.65 Å². The number of thioether (sulfide) groups is 1. The Bertz CT molecular complexity index is 964. The van der Waals surface area contributed by atoms with Crippen LogP contribution in [0.3, 0.4) is 0 Å². The minimum absolute atomic E-state index is 0.494. The quantitative estimate of drug-likeness (QED) is 0.447. The number of nitrogens with zero attached hydrogens (tertiary/aromatic N) is 4. The highest BCUT2D eigenvalue weighted by atomic mass is 32.2. The van der Waals surface area contributed by atoms with Gasteiger partial charge in [-0.1, -0.05) is 0 Å². The lowest BCUT2D eigenvalue weighted by molar-refractivity contribution is 0.0597. The van der Waals surface area contributed by atoms with Crippen LogP contribution in [0.5, 0.6) is 5.75 Å². The van der Waals surface area contributed by atoms with Crippen molar-refractivity contribution in [2.75, 3.05) is 17.8 Å². The largest absolute Gasteiger partial charge is 0.494 e. The Kier molecular flexibility index (Phi) is 5.79. The van der Waals surface area contributed by atoms with E-state index in [9.17, 15) is 4.79 Å². The molecule has 28 heavy (non-hydrogen) atoms. The van der Waals surface area contributed by atoms with Crippen LogP contribution in [0.1, 0.15) is 27.7 Å². The molecule has 0 fully saturated rings. The smallest absolute Gasteiger partial charge is 0.420 e. The highest BCUT2D eigenvalue weighted by Crippen LogP contribution is 2.31. The van der Waals surface area contributed by atoms with Gasteiger partial charge in [0.1, 0.15) is 22.2 Å². The Morgan fingerprint density at radius 1 is 1.21 bits per heavy atom. The predicted octanol–water partition coefficient (Wildman–Crippen LogP) is 4.92. The number of carbonyl (C=O) groups excluding carboxylic acids is 1. The zero-order chi connectivity index (χ0) is 20.3. The summed E-state index contributed by atoms with van der Waals surface area (Å²) in [6.45, 7) is 8.01. The molecule has 3 aromatic rings. The summed E-state index contributed by atoms with van der Waals surface area (Å²) in [7, 11) is 0. The van der Waals surface area contributed by atoms with Crippen molar-refractivity contribution < 1.29 is 14.3 Å². The zero-order valence-electron chi connectivity index (χ0n) is 16.7. The third kappa shape index (κ3) is 4.39. The van der Waals surface area contributed by atoms with Crippen molar-refractivity contribution in [3.05, 3.63) is 42.6 Å². The molecule has 0 aliphatic rings. The van der Waals surface area contributed by atoms with Gasteiger partial charge in [0, 0.05) is 12.1 Å². The summed E-state index contributed by atoms with van der Waals surface area (Å²) in [4.78, 5) is 19.2. The van der Waals surface area contributed by atoms with Crippen LogP contribution < -0.4 is 9.64 Å². The van der Waals surface area contributed by atoms with Gasteiger partial charge in [-0.25, -0.2) is 14.7 Å². The average molecular weight is 401 g/mol. The monoisotopic (exact) mass is 400 g/mol. The van der Waals surface area contributed by atoms with E-state index in [2.05, 4.69) is 10.1 Å². The molecule has 0 bridgehead atoms. The first-order valence-corrected chi connectivity index (χ1v) is 10.2. The van der Waals surface area contributed by atoms with Gasteiger partial charge in [-0.15, -0.1) is 11.8 Å². The van der Waals surface area contributed by atoms with Crippen molar-refractivity contribution in [3.8, 4) is 5.75 Å². The number of aromatic nitrogens is 3. The maximum Gasteiger partial charge on any atom is 0.420 e. The molecule has 8 heteroatoms. The van der Waals surface area contributed by atoms with Crippen molar-refractivity contribution in [2.24, 2.45) is 0 Å². The van der Waals surface area contributed by atoms with Gasteiger partial charge in [0.05, 0.1) is 18.5 Å². The normalized spacial score (nSPS) is 11.5. The van der Waals surface area contributed by atoms with Crippen LogP contribution >= 0.6 is 11.8 Å². The third-order valence-electron chi connectivity index (χ3n) is 3.74. The number of hydrogen-bond donors (Lipinski definition) is 0. The van der Waals surface area contributed by atoms with E-state index in [0.717, 1.165) is 10.8 Å². The summed E-state index contributed by atoms with van der Waals surface area (Å²) in [6.07, 6.45) is 3.10. The molecule has 0 atom stereocenters. The van der Waals surface area contributed by atoms with Gasteiger partial charge in [-0.05, 0) is 58.2 Å². The molecule has 148 valence electrons. The van der Waals surface area contributed by atoms with Crippen LogP contribution in [-0.2, 0) is 4.74 Å². The molecule has 0 saturated heterocycles. The van der Waals surface area contributed by atoms with Crippen LogP contribution in [0.4, 0.5) is 16.3 Å². The van der Waals surface area contributed by atoms with Gasteiger partial charge in [0.2, 0.25) is 0 Å². The van der Waals surface area contributed by atoms with Crippen LogP contribution in [0.15, 0.2) is 47.6 Å². The zero-order valence-corrected chi connectivity index (χ0v) is 17.5. The first-order chi connectivity index (χ1) is 13.3. The number of rotatable bonds is 5. The topological polar surface area (TPSA) is 69.0 Å². The fourth-order valence-electron chi connectivity index (χ4n) is 2.64. The van der Waals surface area contributed by atoms with Crippen LogP contribution in [0.2, 0.25) is 0 Å². The van der Waals surface area contributed by atoms with Gasteiger partial charge >= 0.3 is 6.09 Å². The number of hydrogen-bond acceptors (Lipinski definition) is 6. The highest BCUT2D eigenvalue weighted by molar-refractivity contribution is 7.98. The SMILES string of the molecule is CCOc1ccc(N(C(=O)OC(C)(C)C)c2cc(SC)nc3ccnn23)cc1. The Balaban J connectivity index is 2.14. The van der Waals surface area contributed by atoms with Crippen molar-refractivity contribution >= 4 is 35.0 Å². The molecular formula is C20H24N4O3S. The number of carbonyl (C=O) groups is 1. The fourth-order valence-corrected chi connectivity index (χ4v) is 3.04. The van der Waals surface area contributed by atoms with Crippen molar-refractivity contribution in [1.82, 2.24) is 14.6 Å². The minimum Gasteiger partial charge on any atom is -0.494 e. The van der Waals surface area contributed by atoms with Crippen LogP contribution in [-0.4, -0.2) is 39.2 Å². The van der Waals surface area contributed by atoms with Crippen molar-refractivity contribution in [1.29, 1.82) is 0 Å². The Hall–Kier alpha value is -2.74.